The minimum absolute atomic E-state index is 0.0616. The summed E-state index contributed by atoms with van der Waals surface area (Å²) < 4.78 is 6.17. The van der Waals surface area contributed by atoms with Gasteiger partial charge in [-0.25, -0.2) is 4.98 Å². The van der Waals surface area contributed by atoms with Gasteiger partial charge >= 0.3 is 0 Å². The number of carbonyl (C=O) groups excluding carboxylic acids is 1. The van der Waals surface area contributed by atoms with Crippen molar-refractivity contribution in [2.75, 3.05) is 26.2 Å². The Morgan fingerprint density at radius 3 is 2.55 bits per heavy atom. The molecule has 1 N–H and O–H groups in total. The molecule has 0 aliphatic carbocycles. The molecule has 6 heteroatoms. The molecule has 162 valence electrons. The van der Waals surface area contributed by atoms with Crippen molar-refractivity contribution in [1.82, 2.24) is 15.2 Å². The van der Waals surface area contributed by atoms with E-state index in [9.17, 15) is 4.79 Å². The average molecular weight is 436 g/mol. The van der Waals surface area contributed by atoms with Crippen LogP contribution in [0.2, 0.25) is 0 Å². The maximum absolute atomic E-state index is 12.3. The largest absolute Gasteiger partial charge is 0.490 e. The highest BCUT2D eigenvalue weighted by Gasteiger charge is 2.20. The van der Waals surface area contributed by atoms with Gasteiger partial charge in [0, 0.05) is 43.5 Å². The third kappa shape index (κ3) is 6.64. The van der Waals surface area contributed by atoms with Gasteiger partial charge in [-0.2, -0.15) is 0 Å². The number of thiazole rings is 1. The summed E-state index contributed by atoms with van der Waals surface area (Å²) in [5.74, 6) is 0.773. The lowest BCUT2D eigenvalue weighted by Crippen LogP contribution is -2.39. The van der Waals surface area contributed by atoms with Gasteiger partial charge in [-0.3, -0.25) is 4.79 Å². The van der Waals surface area contributed by atoms with Crippen molar-refractivity contribution in [3.8, 4) is 5.75 Å². The summed E-state index contributed by atoms with van der Waals surface area (Å²) in [6, 6.07) is 18.1. The highest BCUT2D eigenvalue weighted by Crippen LogP contribution is 2.20. The Bertz CT molecular complexity index is 921. The SMILES string of the molecule is O=C(NCCc1cscn1)c1ccc(OC2CCN(CCc3ccccc3)CC2)cc1. The van der Waals surface area contributed by atoms with Crippen LogP contribution >= 0.6 is 11.3 Å². The van der Waals surface area contributed by atoms with Crippen molar-refractivity contribution in [3.63, 3.8) is 0 Å². The molecule has 3 aromatic rings. The molecule has 31 heavy (non-hydrogen) atoms. The molecule has 0 saturated carbocycles. The lowest BCUT2D eigenvalue weighted by atomic mass is 10.1. The summed E-state index contributed by atoms with van der Waals surface area (Å²) >= 11 is 1.57. The molecule has 1 amide bonds. The minimum atomic E-state index is -0.0616. The van der Waals surface area contributed by atoms with Crippen molar-refractivity contribution >= 4 is 17.2 Å². The van der Waals surface area contributed by atoms with E-state index in [1.807, 2.05) is 35.2 Å². The van der Waals surface area contributed by atoms with E-state index in [-0.39, 0.29) is 12.0 Å². The monoisotopic (exact) mass is 435 g/mol. The number of piperidine rings is 1. The average Bonchev–Trinajstić information content (AvgIpc) is 3.33. The van der Waals surface area contributed by atoms with Crippen LogP contribution in [0, 0.1) is 0 Å². The molecule has 1 aliphatic rings. The molecular formula is C25H29N3O2S. The highest BCUT2D eigenvalue weighted by atomic mass is 32.1. The third-order valence-electron chi connectivity index (χ3n) is 5.66. The fraction of sp³-hybridized carbons (Fsp3) is 0.360. The van der Waals surface area contributed by atoms with Crippen LogP contribution in [0.3, 0.4) is 0 Å². The number of carbonyl (C=O) groups is 1. The number of rotatable bonds is 9. The van der Waals surface area contributed by atoms with Crippen molar-refractivity contribution < 1.29 is 9.53 Å². The fourth-order valence-corrected chi connectivity index (χ4v) is 4.42. The van der Waals surface area contributed by atoms with Gasteiger partial charge < -0.3 is 15.0 Å². The van der Waals surface area contributed by atoms with E-state index >= 15 is 0 Å². The molecule has 1 fully saturated rings. The Morgan fingerprint density at radius 1 is 1.06 bits per heavy atom. The van der Waals surface area contributed by atoms with Gasteiger partial charge in [0.15, 0.2) is 0 Å². The number of hydrogen-bond donors (Lipinski definition) is 1. The summed E-state index contributed by atoms with van der Waals surface area (Å²) in [7, 11) is 0. The van der Waals surface area contributed by atoms with Crippen LogP contribution in [0.5, 0.6) is 5.75 Å². The maximum Gasteiger partial charge on any atom is 0.251 e. The molecule has 0 radical (unpaired) electrons. The quantitative estimate of drug-likeness (QED) is 0.547. The summed E-state index contributed by atoms with van der Waals surface area (Å²) in [4.78, 5) is 19.0. The first-order valence-electron chi connectivity index (χ1n) is 10.9. The standard InChI is InChI=1S/C25H29N3O2S/c29-25(26-14-10-22-18-31-19-27-22)21-6-8-23(9-7-21)30-24-12-16-28(17-13-24)15-11-20-4-2-1-3-5-20/h1-9,18-19,24H,10-17H2,(H,26,29). The van der Waals surface area contributed by atoms with Crippen LogP contribution in [0.1, 0.15) is 34.5 Å². The topological polar surface area (TPSA) is 54.5 Å². The molecule has 1 saturated heterocycles. The van der Waals surface area contributed by atoms with E-state index in [0.29, 0.717) is 12.1 Å². The number of likely N-dealkylation sites (tertiary alicyclic amines) is 1. The molecule has 2 aromatic carbocycles. The van der Waals surface area contributed by atoms with Crippen LogP contribution in [0.15, 0.2) is 65.5 Å². The second kappa shape index (κ2) is 11.1. The molecular weight excluding hydrogens is 406 g/mol. The predicted molar refractivity (Wildman–Crippen MR) is 125 cm³/mol. The lowest BCUT2D eigenvalue weighted by Gasteiger charge is -2.32. The fourth-order valence-electron chi connectivity index (χ4n) is 3.83. The van der Waals surface area contributed by atoms with Gasteiger partial charge in [0.05, 0.1) is 11.2 Å². The van der Waals surface area contributed by atoms with E-state index in [2.05, 4.69) is 45.5 Å². The second-order valence-electron chi connectivity index (χ2n) is 7.90. The van der Waals surface area contributed by atoms with Crippen molar-refractivity contribution in [2.24, 2.45) is 0 Å². The lowest BCUT2D eigenvalue weighted by molar-refractivity contribution is 0.0953. The van der Waals surface area contributed by atoms with E-state index < -0.39 is 0 Å². The Labute approximate surface area is 188 Å². The third-order valence-corrected chi connectivity index (χ3v) is 6.30. The summed E-state index contributed by atoms with van der Waals surface area (Å²) in [5.41, 5.74) is 4.87. The minimum Gasteiger partial charge on any atom is -0.490 e. The smallest absolute Gasteiger partial charge is 0.251 e. The van der Waals surface area contributed by atoms with Gasteiger partial charge in [-0.05, 0) is 49.1 Å². The number of aromatic nitrogens is 1. The van der Waals surface area contributed by atoms with Gasteiger partial charge in [0.25, 0.3) is 5.91 Å². The summed E-state index contributed by atoms with van der Waals surface area (Å²) in [5, 5.41) is 4.95. The zero-order chi connectivity index (χ0) is 21.3. The number of amides is 1. The normalized spacial score (nSPS) is 15.0. The Kier molecular flexibility index (Phi) is 7.69. The van der Waals surface area contributed by atoms with Gasteiger partial charge in [0.1, 0.15) is 11.9 Å². The van der Waals surface area contributed by atoms with E-state index in [1.165, 1.54) is 5.56 Å². The first-order chi connectivity index (χ1) is 15.3. The molecule has 0 spiro atoms. The summed E-state index contributed by atoms with van der Waals surface area (Å²) in [6.45, 7) is 3.82. The predicted octanol–water partition coefficient (Wildman–Crippen LogP) is 4.20. The first-order valence-corrected chi connectivity index (χ1v) is 11.9. The molecule has 1 aliphatic heterocycles. The Balaban J connectivity index is 1.16. The number of nitrogens with one attached hydrogen (secondary N) is 1. The first kappa shape index (κ1) is 21.5. The molecule has 2 heterocycles. The van der Waals surface area contributed by atoms with Crippen LogP contribution in [0.4, 0.5) is 0 Å². The zero-order valence-corrected chi connectivity index (χ0v) is 18.5. The van der Waals surface area contributed by atoms with Crippen LogP contribution < -0.4 is 10.1 Å². The van der Waals surface area contributed by atoms with E-state index in [4.69, 9.17) is 4.74 Å². The molecule has 4 rings (SSSR count). The van der Waals surface area contributed by atoms with Crippen molar-refractivity contribution in [3.05, 3.63) is 82.3 Å². The van der Waals surface area contributed by atoms with Crippen LogP contribution in [-0.4, -0.2) is 48.1 Å². The highest BCUT2D eigenvalue weighted by molar-refractivity contribution is 7.07. The molecule has 5 nitrogen and oxygen atoms in total. The maximum atomic E-state index is 12.3. The van der Waals surface area contributed by atoms with Crippen LogP contribution in [0.25, 0.3) is 0 Å². The molecule has 0 unspecified atom stereocenters. The molecule has 0 atom stereocenters. The van der Waals surface area contributed by atoms with Crippen molar-refractivity contribution in [2.45, 2.75) is 31.8 Å². The summed E-state index contributed by atoms with van der Waals surface area (Å²) in [6.07, 6.45) is 4.16. The van der Waals surface area contributed by atoms with Gasteiger partial charge in [-0.1, -0.05) is 30.3 Å². The number of benzene rings is 2. The Hall–Kier alpha value is -2.70. The van der Waals surface area contributed by atoms with E-state index in [0.717, 1.165) is 56.8 Å². The molecule has 0 bridgehead atoms. The van der Waals surface area contributed by atoms with Gasteiger partial charge in [-0.15, -0.1) is 11.3 Å². The number of hydrogen-bond acceptors (Lipinski definition) is 5. The number of ether oxygens (including phenoxy) is 1. The molecule has 1 aromatic heterocycles. The van der Waals surface area contributed by atoms with Crippen LogP contribution in [-0.2, 0) is 12.8 Å². The van der Waals surface area contributed by atoms with E-state index in [1.54, 1.807) is 11.3 Å². The zero-order valence-electron chi connectivity index (χ0n) is 17.7. The van der Waals surface area contributed by atoms with Crippen molar-refractivity contribution in [1.29, 1.82) is 0 Å². The Morgan fingerprint density at radius 2 is 1.84 bits per heavy atom. The second-order valence-corrected chi connectivity index (χ2v) is 8.62. The number of nitrogens with zero attached hydrogens (tertiary/aromatic N) is 2. The van der Waals surface area contributed by atoms with Gasteiger partial charge in [0.2, 0.25) is 0 Å².